The monoisotopic (exact) mass is 323 g/mol. The van der Waals surface area contributed by atoms with Crippen molar-refractivity contribution >= 4 is 11.6 Å². The van der Waals surface area contributed by atoms with E-state index in [0.717, 1.165) is 48.8 Å². The van der Waals surface area contributed by atoms with Crippen LogP contribution in [-0.4, -0.2) is 43.3 Å². The zero-order chi connectivity index (χ0) is 15.9. The van der Waals surface area contributed by atoms with Crippen LogP contribution in [0.25, 0.3) is 0 Å². The molecular weight excluding hydrogens is 298 g/mol. The van der Waals surface area contributed by atoms with Crippen LogP contribution in [0.15, 0.2) is 30.9 Å². The van der Waals surface area contributed by atoms with Crippen molar-refractivity contribution in [3.05, 3.63) is 41.4 Å². The van der Waals surface area contributed by atoms with E-state index >= 15 is 0 Å². The molecule has 4 heteroatoms. The van der Waals surface area contributed by atoms with Crippen LogP contribution in [0.2, 0.25) is 5.02 Å². The topological polar surface area (TPSA) is 21.7 Å². The SMILES string of the molecule is C=CCc1cc(Cl)ccc1OCCCN1CC(C)OC(C)C1. The standard InChI is InChI=1S/C18H26ClNO2/c1-4-6-16-11-17(19)7-8-18(16)21-10-5-9-20-12-14(2)22-15(3)13-20/h4,7-8,11,14-15H,1,5-6,9-10,12-13H2,2-3H3. The number of rotatable bonds is 7. The molecule has 0 radical (unpaired) electrons. The number of hydrogen-bond donors (Lipinski definition) is 0. The van der Waals surface area contributed by atoms with E-state index in [0.29, 0.717) is 18.8 Å². The van der Waals surface area contributed by atoms with Crippen LogP contribution < -0.4 is 4.74 Å². The molecule has 2 atom stereocenters. The number of hydrogen-bond acceptors (Lipinski definition) is 3. The lowest BCUT2D eigenvalue weighted by molar-refractivity contribution is -0.0686. The van der Waals surface area contributed by atoms with Gasteiger partial charge >= 0.3 is 0 Å². The second kappa shape index (κ2) is 8.56. The minimum Gasteiger partial charge on any atom is -0.493 e. The Hall–Kier alpha value is -1.03. The van der Waals surface area contributed by atoms with Crippen LogP contribution in [0.5, 0.6) is 5.75 Å². The Morgan fingerprint density at radius 2 is 2.09 bits per heavy atom. The number of benzene rings is 1. The third-order valence-electron chi connectivity index (χ3n) is 3.76. The Kier molecular flexibility index (Phi) is 6.74. The summed E-state index contributed by atoms with van der Waals surface area (Å²) in [6.07, 6.45) is 4.29. The molecular formula is C18H26ClNO2. The summed E-state index contributed by atoms with van der Waals surface area (Å²) in [5, 5.41) is 0.737. The molecule has 3 nitrogen and oxygen atoms in total. The van der Waals surface area contributed by atoms with E-state index in [1.807, 2.05) is 24.3 Å². The van der Waals surface area contributed by atoms with Crippen LogP contribution in [0, 0.1) is 0 Å². The fourth-order valence-electron chi connectivity index (χ4n) is 2.94. The van der Waals surface area contributed by atoms with Gasteiger partial charge in [-0.05, 0) is 50.5 Å². The molecule has 1 heterocycles. The summed E-state index contributed by atoms with van der Waals surface area (Å²) in [5.41, 5.74) is 1.09. The van der Waals surface area contributed by atoms with Crippen molar-refractivity contribution in [2.75, 3.05) is 26.2 Å². The second-order valence-corrected chi connectivity index (χ2v) is 6.40. The highest BCUT2D eigenvalue weighted by Crippen LogP contribution is 2.24. The Labute approximate surface area is 138 Å². The summed E-state index contributed by atoms with van der Waals surface area (Å²) in [6.45, 7) is 11.8. The average molecular weight is 324 g/mol. The molecule has 1 saturated heterocycles. The van der Waals surface area contributed by atoms with Crippen molar-refractivity contribution in [2.45, 2.75) is 38.9 Å². The number of ether oxygens (including phenoxy) is 2. The number of morpholine rings is 1. The summed E-state index contributed by atoms with van der Waals surface area (Å²) in [4.78, 5) is 2.45. The molecule has 22 heavy (non-hydrogen) atoms. The number of nitrogens with zero attached hydrogens (tertiary/aromatic N) is 1. The predicted octanol–water partition coefficient (Wildman–Crippen LogP) is 3.95. The van der Waals surface area contributed by atoms with Gasteiger partial charge in [0, 0.05) is 24.7 Å². The van der Waals surface area contributed by atoms with Gasteiger partial charge in [0.2, 0.25) is 0 Å². The maximum absolute atomic E-state index is 6.03. The van der Waals surface area contributed by atoms with Crippen molar-refractivity contribution in [3.63, 3.8) is 0 Å². The molecule has 1 aliphatic rings. The Bertz CT molecular complexity index is 482. The van der Waals surface area contributed by atoms with Crippen molar-refractivity contribution in [3.8, 4) is 5.75 Å². The van der Waals surface area contributed by atoms with Gasteiger partial charge in [-0.15, -0.1) is 6.58 Å². The van der Waals surface area contributed by atoms with E-state index in [-0.39, 0.29) is 0 Å². The highest BCUT2D eigenvalue weighted by Gasteiger charge is 2.21. The smallest absolute Gasteiger partial charge is 0.122 e. The molecule has 0 aromatic heterocycles. The molecule has 0 amide bonds. The van der Waals surface area contributed by atoms with E-state index < -0.39 is 0 Å². The first-order valence-electron chi connectivity index (χ1n) is 7.98. The highest BCUT2D eigenvalue weighted by atomic mass is 35.5. The summed E-state index contributed by atoms with van der Waals surface area (Å²) < 4.78 is 11.7. The Morgan fingerprint density at radius 1 is 1.36 bits per heavy atom. The minimum atomic E-state index is 0.320. The molecule has 0 bridgehead atoms. The van der Waals surface area contributed by atoms with Gasteiger partial charge in [0.25, 0.3) is 0 Å². The predicted molar refractivity (Wildman–Crippen MR) is 91.9 cm³/mol. The summed E-state index contributed by atoms with van der Waals surface area (Å²) in [7, 11) is 0. The molecule has 0 saturated carbocycles. The summed E-state index contributed by atoms with van der Waals surface area (Å²) >= 11 is 6.03. The van der Waals surface area contributed by atoms with Gasteiger partial charge in [0.15, 0.2) is 0 Å². The first kappa shape index (κ1) is 17.3. The zero-order valence-corrected chi connectivity index (χ0v) is 14.3. The lowest BCUT2D eigenvalue weighted by Gasteiger charge is -2.35. The normalized spacial score (nSPS) is 22.5. The van der Waals surface area contributed by atoms with Gasteiger partial charge in [-0.2, -0.15) is 0 Å². The fourth-order valence-corrected chi connectivity index (χ4v) is 3.14. The third kappa shape index (κ3) is 5.31. The van der Waals surface area contributed by atoms with Crippen molar-refractivity contribution < 1.29 is 9.47 Å². The lowest BCUT2D eigenvalue weighted by Crippen LogP contribution is -2.45. The maximum atomic E-state index is 6.03. The molecule has 0 spiro atoms. The molecule has 0 N–H and O–H groups in total. The molecule has 122 valence electrons. The first-order valence-corrected chi connectivity index (χ1v) is 8.36. The molecule has 1 aliphatic heterocycles. The summed E-state index contributed by atoms with van der Waals surface area (Å²) in [5.74, 6) is 0.910. The van der Waals surface area contributed by atoms with Crippen LogP contribution in [0.1, 0.15) is 25.8 Å². The van der Waals surface area contributed by atoms with E-state index in [9.17, 15) is 0 Å². The van der Waals surface area contributed by atoms with Gasteiger partial charge in [-0.3, -0.25) is 4.90 Å². The second-order valence-electron chi connectivity index (χ2n) is 5.96. The molecule has 0 aliphatic carbocycles. The van der Waals surface area contributed by atoms with Crippen molar-refractivity contribution in [2.24, 2.45) is 0 Å². The van der Waals surface area contributed by atoms with Crippen LogP contribution in [0.3, 0.4) is 0 Å². The summed E-state index contributed by atoms with van der Waals surface area (Å²) in [6, 6.07) is 5.76. The van der Waals surface area contributed by atoms with Gasteiger partial charge < -0.3 is 9.47 Å². The average Bonchev–Trinajstić information content (AvgIpc) is 2.45. The van der Waals surface area contributed by atoms with E-state index in [1.54, 1.807) is 0 Å². The fraction of sp³-hybridized carbons (Fsp3) is 0.556. The lowest BCUT2D eigenvalue weighted by atomic mass is 10.1. The first-order chi connectivity index (χ1) is 10.6. The van der Waals surface area contributed by atoms with Crippen LogP contribution in [-0.2, 0) is 11.2 Å². The van der Waals surface area contributed by atoms with Gasteiger partial charge in [0.1, 0.15) is 5.75 Å². The molecule has 1 aromatic carbocycles. The van der Waals surface area contributed by atoms with Gasteiger partial charge in [-0.1, -0.05) is 17.7 Å². The van der Waals surface area contributed by atoms with E-state index in [1.165, 1.54) is 0 Å². The largest absolute Gasteiger partial charge is 0.493 e. The number of allylic oxidation sites excluding steroid dienone is 1. The molecule has 2 rings (SSSR count). The number of halogens is 1. The van der Waals surface area contributed by atoms with E-state index in [2.05, 4.69) is 25.3 Å². The zero-order valence-electron chi connectivity index (χ0n) is 13.6. The Balaban J connectivity index is 1.78. The highest BCUT2D eigenvalue weighted by molar-refractivity contribution is 6.30. The van der Waals surface area contributed by atoms with Crippen LogP contribution >= 0.6 is 11.6 Å². The maximum Gasteiger partial charge on any atom is 0.122 e. The molecule has 2 unspecified atom stereocenters. The van der Waals surface area contributed by atoms with E-state index in [4.69, 9.17) is 21.1 Å². The quantitative estimate of drug-likeness (QED) is 0.560. The van der Waals surface area contributed by atoms with Gasteiger partial charge in [0.05, 0.1) is 18.8 Å². The third-order valence-corrected chi connectivity index (χ3v) is 3.99. The van der Waals surface area contributed by atoms with Gasteiger partial charge in [-0.25, -0.2) is 0 Å². The van der Waals surface area contributed by atoms with Crippen molar-refractivity contribution in [1.82, 2.24) is 4.90 Å². The molecule has 1 aromatic rings. The minimum absolute atomic E-state index is 0.320. The molecule has 1 fully saturated rings. The van der Waals surface area contributed by atoms with Crippen molar-refractivity contribution in [1.29, 1.82) is 0 Å². The van der Waals surface area contributed by atoms with Crippen LogP contribution in [0.4, 0.5) is 0 Å². The Morgan fingerprint density at radius 3 is 2.77 bits per heavy atom.